The maximum Gasteiger partial charge on any atom is 0.339 e. The second kappa shape index (κ2) is 6.99. The van der Waals surface area contributed by atoms with Gasteiger partial charge in [0.2, 0.25) is 0 Å². The maximum absolute atomic E-state index is 12.0. The van der Waals surface area contributed by atoms with Gasteiger partial charge in [-0.05, 0) is 37.6 Å². The minimum Gasteiger partial charge on any atom is -0.505 e. The fourth-order valence-electron chi connectivity index (χ4n) is 2.79. The third kappa shape index (κ3) is 3.29. The highest BCUT2D eigenvalue weighted by atomic mass is 16.4. The third-order valence-electron chi connectivity index (χ3n) is 4.27. The van der Waals surface area contributed by atoms with Crippen LogP contribution in [0.4, 0.5) is 17.1 Å². The number of aryl methyl sites for hydroxylation is 1. The van der Waals surface area contributed by atoms with Crippen LogP contribution < -0.4 is 21.5 Å². The van der Waals surface area contributed by atoms with Crippen LogP contribution in [0.2, 0.25) is 0 Å². The second-order valence-electron chi connectivity index (χ2n) is 6.09. The quantitative estimate of drug-likeness (QED) is 0.369. The Hall–Kier alpha value is -3.55. The van der Waals surface area contributed by atoms with Gasteiger partial charge in [0.05, 0.1) is 11.7 Å². The Balaban J connectivity index is 1.90. The van der Waals surface area contributed by atoms with Gasteiger partial charge in [-0.2, -0.15) is 0 Å². The molecule has 0 aliphatic heterocycles. The fraction of sp³-hybridized carbons (Fsp3) is 0.211. The van der Waals surface area contributed by atoms with E-state index in [1.54, 1.807) is 19.1 Å². The first-order valence-corrected chi connectivity index (χ1v) is 8.32. The van der Waals surface area contributed by atoms with Crippen LogP contribution in [0, 0.1) is 6.92 Å². The SMILES string of the molecule is CC[C@@H](Nc1c(Nc2cccc(C(=O)O)c2O)c(=O)c1=O)c1ccc(C)o1. The molecule has 0 bridgehead atoms. The molecule has 0 amide bonds. The first kappa shape index (κ1) is 18.2. The van der Waals surface area contributed by atoms with E-state index in [4.69, 9.17) is 9.52 Å². The molecule has 140 valence electrons. The molecule has 4 N–H and O–H groups in total. The van der Waals surface area contributed by atoms with E-state index in [2.05, 4.69) is 10.6 Å². The number of carboxylic acid groups (broad SMARTS) is 1. The van der Waals surface area contributed by atoms with Crippen molar-refractivity contribution in [2.75, 3.05) is 10.6 Å². The average molecular weight is 370 g/mol. The summed E-state index contributed by atoms with van der Waals surface area (Å²) in [5.41, 5.74) is -1.69. The summed E-state index contributed by atoms with van der Waals surface area (Å²) >= 11 is 0. The molecule has 3 aromatic rings. The summed E-state index contributed by atoms with van der Waals surface area (Å²) in [6, 6.07) is 7.34. The molecular formula is C19H18N2O6. The molecule has 0 saturated carbocycles. The van der Waals surface area contributed by atoms with E-state index < -0.39 is 22.6 Å². The van der Waals surface area contributed by atoms with Crippen LogP contribution in [0.5, 0.6) is 5.75 Å². The van der Waals surface area contributed by atoms with Crippen molar-refractivity contribution in [2.45, 2.75) is 26.3 Å². The summed E-state index contributed by atoms with van der Waals surface area (Å²) in [6.07, 6.45) is 0.602. The maximum atomic E-state index is 12.0. The van der Waals surface area contributed by atoms with Crippen molar-refractivity contribution < 1.29 is 19.4 Å². The predicted octanol–water partition coefficient (Wildman–Crippen LogP) is 2.89. The van der Waals surface area contributed by atoms with Crippen LogP contribution in [0.3, 0.4) is 0 Å². The van der Waals surface area contributed by atoms with Gasteiger partial charge in [0, 0.05) is 0 Å². The summed E-state index contributed by atoms with van der Waals surface area (Å²) in [5, 5.41) is 24.8. The molecule has 2 aromatic carbocycles. The number of rotatable bonds is 7. The summed E-state index contributed by atoms with van der Waals surface area (Å²) in [6.45, 7) is 3.70. The molecule has 0 radical (unpaired) electrons. The molecule has 0 unspecified atom stereocenters. The van der Waals surface area contributed by atoms with E-state index in [9.17, 15) is 19.5 Å². The summed E-state index contributed by atoms with van der Waals surface area (Å²) in [5.74, 6) is -0.467. The molecule has 0 aliphatic carbocycles. The molecule has 0 spiro atoms. The number of benzene rings is 1. The molecular weight excluding hydrogens is 352 g/mol. The van der Waals surface area contributed by atoms with Gasteiger partial charge in [-0.1, -0.05) is 13.0 Å². The van der Waals surface area contributed by atoms with E-state index in [1.807, 2.05) is 6.92 Å². The molecule has 1 atom stereocenters. The van der Waals surface area contributed by atoms with Crippen molar-refractivity contribution in [2.24, 2.45) is 0 Å². The summed E-state index contributed by atoms with van der Waals surface area (Å²) in [7, 11) is 0. The minimum atomic E-state index is -1.31. The molecule has 1 aromatic heterocycles. The molecule has 8 nitrogen and oxygen atoms in total. The first-order valence-electron chi connectivity index (χ1n) is 8.32. The largest absolute Gasteiger partial charge is 0.505 e. The van der Waals surface area contributed by atoms with Crippen LogP contribution in [-0.4, -0.2) is 16.2 Å². The normalized spacial score (nSPS) is 12.1. The number of aromatic carboxylic acids is 1. The van der Waals surface area contributed by atoms with Crippen LogP contribution >= 0.6 is 0 Å². The zero-order valence-electron chi connectivity index (χ0n) is 14.7. The Morgan fingerprint density at radius 2 is 1.85 bits per heavy atom. The molecule has 8 heteroatoms. The van der Waals surface area contributed by atoms with E-state index in [0.29, 0.717) is 12.2 Å². The number of aromatic hydroxyl groups is 1. The van der Waals surface area contributed by atoms with Gasteiger partial charge in [0.1, 0.15) is 28.5 Å². The summed E-state index contributed by atoms with van der Waals surface area (Å²) < 4.78 is 5.58. The van der Waals surface area contributed by atoms with E-state index in [1.165, 1.54) is 18.2 Å². The zero-order valence-corrected chi connectivity index (χ0v) is 14.7. The van der Waals surface area contributed by atoms with Crippen molar-refractivity contribution in [1.82, 2.24) is 0 Å². The Bertz CT molecular complexity index is 1070. The Labute approximate surface area is 153 Å². The predicted molar refractivity (Wildman–Crippen MR) is 99.8 cm³/mol. The van der Waals surface area contributed by atoms with Crippen LogP contribution in [0.1, 0.15) is 41.3 Å². The Morgan fingerprint density at radius 1 is 1.15 bits per heavy atom. The molecule has 0 saturated heterocycles. The van der Waals surface area contributed by atoms with E-state index >= 15 is 0 Å². The van der Waals surface area contributed by atoms with Crippen molar-refractivity contribution in [3.63, 3.8) is 0 Å². The Kier molecular flexibility index (Phi) is 4.72. The smallest absolute Gasteiger partial charge is 0.339 e. The van der Waals surface area contributed by atoms with Crippen LogP contribution in [-0.2, 0) is 0 Å². The van der Waals surface area contributed by atoms with Gasteiger partial charge in [-0.15, -0.1) is 0 Å². The number of hydrogen-bond acceptors (Lipinski definition) is 7. The number of para-hydroxylation sites is 1. The third-order valence-corrected chi connectivity index (χ3v) is 4.27. The van der Waals surface area contributed by atoms with Gasteiger partial charge in [-0.25, -0.2) is 4.79 Å². The molecule has 0 fully saturated rings. The highest BCUT2D eigenvalue weighted by molar-refractivity contribution is 5.94. The number of anilines is 3. The molecule has 0 aliphatic rings. The van der Waals surface area contributed by atoms with Crippen molar-refractivity contribution in [1.29, 1.82) is 0 Å². The topological polar surface area (TPSA) is 129 Å². The zero-order chi connectivity index (χ0) is 19.7. The number of hydrogen-bond donors (Lipinski definition) is 4. The number of furan rings is 1. The van der Waals surface area contributed by atoms with E-state index in [-0.39, 0.29) is 28.7 Å². The number of nitrogens with one attached hydrogen (secondary N) is 2. The summed E-state index contributed by atoms with van der Waals surface area (Å²) in [4.78, 5) is 35.1. The van der Waals surface area contributed by atoms with Gasteiger partial charge in [0.15, 0.2) is 5.75 Å². The number of carboxylic acids is 1. The fourth-order valence-corrected chi connectivity index (χ4v) is 2.79. The highest BCUT2D eigenvalue weighted by Crippen LogP contribution is 2.33. The lowest BCUT2D eigenvalue weighted by molar-refractivity contribution is 0.0694. The lowest BCUT2D eigenvalue weighted by atomic mass is 10.1. The lowest BCUT2D eigenvalue weighted by Crippen LogP contribution is -2.37. The molecule has 3 rings (SSSR count). The Morgan fingerprint density at radius 3 is 2.44 bits per heavy atom. The van der Waals surface area contributed by atoms with Gasteiger partial charge < -0.3 is 25.3 Å². The van der Waals surface area contributed by atoms with Gasteiger partial charge >= 0.3 is 5.97 Å². The van der Waals surface area contributed by atoms with Crippen molar-refractivity contribution in [3.8, 4) is 5.75 Å². The van der Waals surface area contributed by atoms with Crippen molar-refractivity contribution >= 4 is 23.0 Å². The van der Waals surface area contributed by atoms with E-state index in [0.717, 1.165) is 5.76 Å². The lowest BCUT2D eigenvalue weighted by Gasteiger charge is -2.20. The second-order valence-corrected chi connectivity index (χ2v) is 6.09. The van der Waals surface area contributed by atoms with Crippen LogP contribution in [0.15, 0.2) is 44.3 Å². The first-order chi connectivity index (χ1) is 12.8. The van der Waals surface area contributed by atoms with Crippen LogP contribution in [0.25, 0.3) is 0 Å². The van der Waals surface area contributed by atoms with Gasteiger partial charge in [-0.3, -0.25) is 9.59 Å². The average Bonchev–Trinajstić information content (AvgIpc) is 3.07. The molecule has 1 heterocycles. The highest BCUT2D eigenvalue weighted by Gasteiger charge is 2.26. The van der Waals surface area contributed by atoms with Crippen molar-refractivity contribution in [3.05, 3.63) is 67.9 Å². The molecule has 27 heavy (non-hydrogen) atoms. The number of phenols is 1. The standard InChI is InChI=1S/C19H18N2O6/c1-3-11(13-8-7-9(2)27-13)20-14-15(18(24)17(14)23)21-12-6-4-5-10(16(12)22)19(25)26/h4-8,11,20-22H,3H2,1-2H3,(H,25,26)/t11-/m1/s1. The van der Waals surface area contributed by atoms with Gasteiger partial charge in [0.25, 0.3) is 10.9 Å². The minimum absolute atomic E-state index is 0.0203. The monoisotopic (exact) mass is 370 g/mol. The number of carbonyl (C=O) groups is 1.